The zero-order valence-corrected chi connectivity index (χ0v) is 21.6. The number of ether oxygens (including phenoxy) is 1. The Bertz CT molecular complexity index is 1120. The van der Waals surface area contributed by atoms with Crippen LogP contribution in [0.1, 0.15) is 61.7 Å². The van der Waals surface area contributed by atoms with Gasteiger partial charge in [0.25, 0.3) is 0 Å². The Morgan fingerprint density at radius 3 is 2.25 bits per heavy atom. The first-order valence-electron chi connectivity index (χ1n) is 12.4. The van der Waals surface area contributed by atoms with E-state index < -0.39 is 49.3 Å². The minimum Gasteiger partial charge on any atom is -0.458 e. The van der Waals surface area contributed by atoms with Crippen LogP contribution in [0.25, 0.3) is 0 Å². The van der Waals surface area contributed by atoms with Crippen molar-refractivity contribution in [2.75, 3.05) is 23.9 Å². The van der Waals surface area contributed by atoms with Crippen LogP contribution in [-0.2, 0) is 23.3 Å². The summed E-state index contributed by atoms with van der Waals surface area (Å²) < 4.78 is 65.6. The highest BCUT2D eigenvalue weighted by Crippen LogP contribution is 2.62. The minimum atomic E-state index is -5.47. The van der Waals surface area contributed by atoms with Crippen LogP contribution in [0.4, 0.5) is 8.78 Å². The predicted octanol–water partition coefficient (Wildman–Crippen LogP) is 4.20. The van der Waals surface area contributed by atoms with Crippen LogP contribution in [0.2, 0.25) is 0 Å². The van der Waals surface area contributed by atoms with Gasteiger partial charge in [0.1, 0.15) is 0 Å². The van der Waals surface area contributed by atoms with Crippen LogP contribution >= 0.6 is 10.3 Å². The van der Waals surface area contributed by atoms with Crippen molar-refractivity contribution < 1.29 is 40.3 Å². The van der Waals surface area contributed by atoms with Crippen LogP contribution < -0.4 is 0 Å². The second-order valence-corrected chi connectivity index (χ2v) is 16.3. The van der Waals surface area contributed by atoms with Crippen molar-refractivity contribution >= 4 is 32.2 Å². The maximum Gasteiger partial charge on any atom is 0.403 e. The summed E-state index contributed by atoms with van der Waals surface area (Å²) >= 11 is 0. The molecular formula is C25H32F2O7S2. The monoisotopic (exact) mass is 546 g/mol. The molecule has 2 unspecified atom stereocenters. The molecule has 4 saturated carbocycles. The molecule has 0 spiro atoms. The van der Waals surface area contributed by atoms with E-state index >= 15 is 0 Å². The molecule has 0 aromatic heterocycles. The zero-order chi connectivity index (χ0) is 25.8. The number of alkyl halides is 2. The van der Waals surface area contributed by atoms with E-state index in [1.54, 1.807) is 30.3 Å². The SMILES string of the molecule is O=C(CS1(OS(=O)(=O)C(F)(F)COC(=O)C23CC4CC(CC(O)(C4)C2)C3)CCCC1)c1ccccc1. The molecule has 6 rings (SSSR count). The lowest BCUT2D eigenvalue weighted by molar-refractivity contribution is -0.199. The highest BCUT2D eigenvalue weighted by atomic mass is 32.3. The van der Waals surface area contributed by atoms with Crippen molar-refractivity contribution in [2.24, 2.45) is 17.3 Å². The fourth-order valence-electron chi connectivity index (χ4n) is 7.08. The maximum absolute atomic E-state index is 15.0. The van der Waals surface area contributed by atoms with E-state index in [2.05, 4.69) is 0 Å². The van der Waals surface area contributed by atoms with Gasteiger partial charge in [-0.2, -0.15) is 17.2 Å². The third kappa shape index (κ3) is 4.83. The topological polar surface area (TPSA) is 107 Å². The van der Waals surface area contributed by atoms with Gasteiger partial charge in [0, 0.05) is 17.1 Å². The molecule has 0 amide bonds. The van der Waals surface area contributed by atoms with E-state index in [-0.39, 0.29) is 41.3 Å². The largest absolute Gasteiger partial charge is 0.458 e. The molecule has 1 N–H and O–H groups in total. The summed E-state index contributed by atoms with van der Waals surface area (Å²) in [5.74, 6) is -0.703. The van der Waals surface area contributed by atoms with Crippen molar-refractivity contribution in [1.29, 1.82) is 0 Å². The van der Waals surface area contributed by atoms with E-state index in [0.717, 1.165) is 6.42 Å². The normalized spacial score (nSPS) is 33.9. The molecule has 5 aliphatic rings. The van der Waals surface area contributed by atoms with Gasteiger partial charge in [-0.1, -0.05) is 30.3 Å². The number of Topliss-reactive ketones (excluding diaryl/α,β-unsaturated/α-hetero) is 1. The Balaban J connectivity index is 1.26. The minimum absolute atomic E-state index is 0.143. The van der Waals surface area contributed by atoms with E-state index in [4.69, 9.17) is 8.37 Å². The third-order valence-corrected chi connectivity index (χ3v) is 13.8. The standard InChI is InChI=1S/C25H32F2O7S2/c26-25(27,17-33-22(29)23-11-18-10-19(12-23)14-24(30,13-18)16-23)36(31,32)34-35(8-4-5-9-35)15-21(28)20-6-2-1-3-7-20/h1-3,6-7,18-19,30H,4-5,8-17H2. The molecule has 7 nitrogen and oxygen atoms in total. The number of benzene rings is 1. The molecule has 2 atom stereocenters. The molecular weight excluding hydrogens is 514 g/mol. The molecule has 5 fully saturated rings. The number of carbonyl (C=O) groups is 2. The van der Waals surface area contributed by atoms with Gasteiger partial charge in [0.15, 0.2) is 12.4 Å². The Kier molecular flexibility index (Phi) is 6.53. The first-order valence-corrected chi connectivity index (χ1v) is 15.9. The van der Waals surface area contributed by atoms with Crippen molar-refractivity contribution in [3.8, 4) is 0 Å². The number of hydrogen-bond acceptors (Lipinski definition) is 7. The van der Waals surface area contributed by atoms with Gasteiger partial charge in [0.2, 0.25) is 0 Å². The molecule has 1 aromatic rings. The number of halogens is 2. The lowest BCUT2D eigenvalue weighted by Gasteiger charge is -2.58. The van der Waals surface area contributed by atoms with Crippen LogP contribution in [0, 0.1) is 17.3 Å². The molecule has 0 radical (unpaired) electrons. The van der Waals surface area contributed by atoms with E-state index in [1.165, 1.54) is 0 Å². The number of esters is 1. The van der Waals surface area contributed by atoms with Crippen LogP contribution in [0.15, 0.2) is 30.3 Å². The summed E-state index contributed by atoms with van der Waals surface area (Å²) in [6.45, 7) is -1.65. The second-order valence-electron chi connectivity index (χ2n) is 11.2. The molecule has 1 saturated heterocycles. The van der Waals surface area contributed by atoms with Gasteiger partial charge in [-0.3, -0.25) is 9.59 Å². The summed E-state index contributed by atoms with van der Waals surface area (Å²) in [6.07, 6.45) is 4.37. The summed E-state index contributed by atoms with van der Waals surface area (Å²) in [7, 11) is -8.09. The Morgan fingerprint density at radius 2 is 1.67 bits per heavy atom. The average Bonchev–Trinajstić information content (AvgIpc) is 3.23. The predicted molar refractivity (Wildman–Crippen MR) is 130 cm³/mol. The maximum atomic E-state index is 15.0. The second kappa shape index (κ2) is 9.03. The highest BCUT2D eigenvalue weighted by Gasteiger charge is 2.61. The molecule has 4 bridgehead atoms. The first-order chi connectivity index (χ1) is 16.9. The molecule has 11 heteroatoms. The Hall–Kier alpha value is -1.56. The molecule has 36 heavy (non-hydrogen) atoms. The lowest BCUT2D eigenvalue weighted by Crippen LogP contribution is -2.58. The number of ketones is 1. The smallest absolute Gasteiger partial charge is 0.403 e. The van der Waals surface area contributed by atoms with Crippen LogP contribution in [0.3, 0.4) is 0 Å². The fraction of sp³-hybridized carbons (Fsp3) is 0.680. The molecule has 1 heterocycles. The van der Waals surface area contributed by atoms with Crippen molar-refractivity contribution in [3.05, 3.63) is 35.9 Å². The summed E-state index contributed by atoms with van der Waals surface area (Å²) in [6, 6.07) is 8.27. The Labute approximate surface area is 211 Å². The average molecular weight is 547 g/mol. The van der Waals surface area contributed by atoms with Gasteiger partial charge in [-0.25, -0.2) is 3.63 Å². The zero-order valence-electron chi connectivity index (χ0n) is 20.0. The van der Waals surface area contributed by atoms with Gasteiger partial charge in [-0.15, -0.1) is 10.3 Å². The third-order valence-electron chi connectivity index (χ3n) is 8.21. The van der Waals surface area contributed by atoms with E-state index in [0.29, 0.717) is 44.1 Å². The van der Waals surface area contributed by atoms with E-state index in [1.807, 2.05) is 0 Å². The number of hydrogen-bond donors (Lipinski definition) is 1. The highest BCUT2D eigenvalue weighted by molar-refractivity contribution is 8.33. The van der Waals surface area contributed by atoms with Crippen molar-refractivity contribution in [3.63, 3.8) is 0 Å². The van der Waals surface area contributed by atoms with Crippen LogP contribution in [-0.4, -0.2) is 60.0 Å². The lowest BCUT2D eigenvalue weighted by atomic mass is 9.48. The van der Waals surface area contributed by atoms with Crippen LogP contribution in [0.5, 0.6) is 0 Å². The van der Waals surface area contributed by atoms with Gasteiger partial charge in [-0.05, 0) is 63.2 Å². The molecule has 1 aliphatic heterocycles. The Morgan fingerprint density at radius 1 is 1.06 bits per heavy atom. The molecule has 1 aromatic carbocycles. The van der Waals surface area contributed by atoms with Gasteiger partial charge in [0.05, 0.1) is 16.8 Å². The number of carbonyl (C=O) groups excluding carboxylic acids is 2. The fourth-order valence-corrected chi connectivity index (χ4v) is 12.5. The van der Waals surface area contributed by atoms with Gasteiger partial charge < -0.3 is 9.84 Å². The van der Waals surface area contributed by atoms with Crippen molar-refractivity contribution in [1.82, 2.24) is 0 Å². The van der Waals surface area contributed by atoms with Crippen molar-refractivity contribution in [2.45, 2.75) is 62.2 Å². The molecule has 200 valence electrons. The van der Waals surface area contributed by atoms with E-state index in [9.17, 15) is 31.9 Å². The summed E-state index contributed by atoms with van der Waals surface area (Å²) in [4.78, 5) is 25.7. The summed E-state index contributed by atoms with van der Waals surface area (Å²) in [5.41, 5.74) is -1.65. The number of aliphatic hydroxyl groups is 1. The number of rotatable bonds is 9. The molecule has 4 aliphatic carbocycles. The quantitative estimate of drug-likeness (QED) is 0.366. The first kappa shape index (κ1) is 26.1. The van der Waals surface area contributed by atoms with Gasteiger partial charge >= 0.3 is 21.3 Å². The summed E-state index contributed by atoms with van der Waals surface area (Å²) in [5, 5.41) is 6.36.